The van der Waals surface area contributed by atoms with Crippen LogP contribution in [-0.2, 0) is 22.7 Å². The number of ether oxygens (including phenoxy) is 2. The first kappa shape index (κ1) is 28.5. The molecule has 0 bridgehead atoms. The molecule has 0 saturated heterocycles. The Bertz CT molecular complexity index is 1500. The molecule has 40 heavy (non-hydrogen) atoms. The van der Waals surface area contributed by atoms with Gasteiger partial charge in [0.1, 0.15) is 35.4 Å². The van der Waals surface area contributed by atoms with E-state index < -0.39 is 29.2 Å². The second kappa shape index (κ2) is 12.1. The Morgan fingerprint density at radius 2 is 1.77 bits per heavy atom. The Morgan fingerprint density at radius 1 is 1.05 bits per heavy atom. The Hall–Kier alpha value is -4.47. The first-order valence-corrected chi connectivity index (χ1v) is 13.0. The van der Waals surface area contributed by atoms with Crippen molar-refractivity contribution in [2.75, 3.05) is 14.2 Å². The molecular weight excluding hydrogens is 513 g/mol. The molecule has 0 unspecified atom stereocenters. The van der Waals surface area contributed by atoms with Gasteiger partial charge in [0, 0.05) is 23.2 Å². The van der Waals surface area contributed by atoms with E-state index in [-0.39, 0.29) is 18.7 Å². The Morgan fingerprint density at radius 3 is 2.48 bits per heavy atom. The number of aromatic nitrogens is 3. The van der Waals surface area contributed by atoms with Gasteiger partial charge in [-0.25, -0.2) is 9.07 Å². The van der Waals surface area contributed by atoms with Crippen molar-refractivity contribution in [3.05, 3.63) is 83.7 Å². The van der Waals surface area contributed by atoms with E-state index in [0.29, 0.717) is 34.5 Å². The molecule has 0 fully saturated rings. The Labute approximate surface area is 232 Å². The summed E-state index contributed by atoms with van der Waals surface area (Å²) in [6, 6.07) is 17.3. The van der Waals surface area contributed by atoms with Crippen molar-refractivity contribution in [2.45, 2.75) is 51.9 Å². The summed E-state index contributed by atoms with van der Waals surface area (Å²) in [5, 5.41) is 11.4. The molecule has 1 N–H and O–H groups in total. The van der Waals surface area contributed by atoms with Crippen LogP contribution in [0.15, 0.2) is 66.7 Å². The highest BCUT2D eigenvalue weighted by Crippen LogP contribution is 2.35. The number of methoxy groups -OCH3 is 2. The number of nitrogens with one attached hydrogen (secondary N) is 1. The summed E-state index contributed by atoms with van der Waals surface area (Å²) in [4.78, 5) is 29.6. The van der Waals surface area contributed by atoms with Gasteiger partial charge in [0.2, 0.25) is 11.8 Å². The zero-order valence-electron chi connectivity index (χ0n) is 23.3. The van der Waals surface area contributed by atoms with E-state index in [0.717, 1.165) is 0 Å². The number of carbonyl (C=O) groups is 2. The van der Waals surface area contributed by atoms with E-state index in [2.05, 4.69) is 15.6 Å². The molecule has 0 radical (unpaired) electrons. The minimum atomic E-state index is -1.18. The van der Waals surface area contributed by atoms with Gasteiger partial charge in [0.05, 0.1) is 19.7 Å². The third-order valence-electron chi connectivity index (χ3n) is 6.96. The van der Waals surface area contributed by atoms with Gasteiger partial charge in [-0.1, -0.05) is 42.5 Å². The molecule has 4 aromatic rings. The minimum absolute atomic E-state index is 0.177. The number of halogens is 1. The van der Waals surface area contributed by atoms with Crippen LogP contribution in [-0.4, -0.2) is 51.5 Å². The summed E-state index contributed by atoms with van der Waals surface area (Å²) in [6.45, 7) is 5.36. The monoisotopic (exact) mass is 547 g/mol. The molecule has 3 aromatic carbocycles. The van der Waals surface area contributed by atoms with Gasteiger partial charge in [-0.05, 0) is 56.7 Å². The van der Waals surface area contributed by atoms with Crippen molar-refractivity contribution in [3.63, 3.8) is 0 Å². The van der Waals surface area contributed by atoms with E-state index in [1.54, 1.807) is 42.5 Å². The van der Waals surface area contributed by atoms with Crippen LogP contribution < -0.4 is 14.8 Å². The van der Waals surface area contributed by atoms with Gasteiger partial charge >= 0.3 is 0 Å². The molecule has 210 valence electrons. The summed E-state index contributed by atoms with van der Waals surface area (Å²) in [7, 11) is 3.00. The number of hydrogen-bond acceptors (Lipinski definition) is 6. The summed E-state index contributed by atoms with van der Waals surface area (Å²) in [5.41, 5.74) is 1.38. The summed E-state index contributed by atoms with van der Waals surface area (Å²) in [5.74, 6) is -0.529. The molecule has 0 spiro atoms. The van der Waals surface area contributed by atoms with Crippen LogP contribution in [0, 0.1) is 5.82 Å². The molecule has 9 nitrogen and oxygen atoms in total. The average Bonchev–Trinajstić information content (AvgIpc) is 3.36. The van der Waals surface area contributed by atoms with Crippen LogP contribution >= 0.6 is 0 Å². The normalized spacial score (nSPS) is 12.2. The van der Waals surface area contributed by atoms with Crippen molar-refractivity contribution < 1.29 is 23.5 Å². The number of carbonyl (C=O) groups excluding carboxylic acids is 2. The van der Waals surface area contributed by atoms with Gasteiger partial charge in [-0.15, -0.1) is 5.10 Å². The molecule has 0 aliphatic rings. The van der Waals surface area contributed by atoms with Crippen molar-refractivity contribution >= 4 is 22.8 Å². The number of para-hydroxylation sites is 1. The molecule has 2 amide bonds. The van der Waals surface area contributed by atoms with Crippen molar-refractivity contribution in [1.29, 1.82) is 0 Å². The van der Waals surface area contributed by atoms with Gasteiger partial charge in [-0.2, -0.15) is 0 Å². The van der Waals surface area contributed by atoms with Gasteiger partial charge < -0.3 is 19.7 Å². The zero-order chi connectivity index (χ0) is 28.9. The maximum Gasteiger partial charge on any atom is 0.248 e. The largest absolute Gasteiger partial charge is 0.497 e. The Kier molecular flexibility index (Phi) is 8.67. The quantitative estimate of drug-likeness (QED) is 0.293. The lowest BCUT2D eigenvalue weighted by atomic mass is 9.97. The van der Waals surface area contributed by atoms with Crippen LogP contribution in [0.3, 0.4) is 0 Å². The zero-order valence-corrected chi connectivity index (χ0v) is 23.3. The predicted molar refractivity (Wildman–Crippen MR) is 149 cm³/mol. The molecule has 1 heterocycles. The maximum atomic E-state index is 14.9. The first-order chi connectivity index (χ1) is 19.2. The van der Waals surface area contributed by atoms with Crippen LogP contribution in [0.5, 0.6) is 11.5 Å². The number of benzene rings is 3. The second-order valence-corrected chi connectivity index (χ2v) is 10.1. The van der Waals surface area contributed by atoms with Gasteiger partial charge in [-0.3, -0.25) is 9.59 Å². The lowest BCUT2D eigenvalue weighted by molar-refractivity contribution is -0.143. The number of fused-ring (bicyclic) bond motifs is 1. The molecule has 0 aliphatic carbocycles. The molecule has 1 atom stereocenters. The topological polar surface area (TPSA) is 98.6 Å². The van der Waals surface area contributed by atoms with Gasteiger partial charge in [0.25, 0.3) is 0 Å². The predicted octanol–water partition coefficient (Wildman–Crippen LogP) is 4.66. The summed E-state index contributed by atoms with van der Waals surface area (Å²) >= 11 is 0. The molecule has 0 saturated carbocycles. The summed E-state index contributed by atoms with van der Waals surface area (Å²) in [6.07, 6.45) is 0.646. The first-order valence-electron chi connectivity index (χ1n) is 13.0. The van der Waals surface area contributed by atoms with Crippen molar-refractivity contribution in [2.24, 2.45) is 0 Å². The second-order valence-electron chi connectivity index (χ2n) is 10.1. The Balaban J connectivity index is 1.86. The standard InChI is InChI=1S/C30H34FN5O4/c1-6-30(2,3)32-29(38)28(22-17-21(39-4)15-16-26(22)40-5)35(18-20-11-7-8-12-23(20)31)27(37)19-36-25-14-10-9-13-24(25)33-34-36/h7-17,28H,6,18-19H2,1-5H3,(H,32,38)/t28-/m1/s1. The van der Waals surface area contributed by atoms with Crippen molar-refractivity contribution in [3.8, 4) is 11.5 Å². The van der Waals surface area contributed by atoms with E-state index in [4.69, 9.17) is 9.47 Å². The van der Waals surface area contributed by atoms with E-state index in [1.165, 1.54) is 29.9 Å². The van der Waals surface area contributed by atoms with Crippen molar-refractivity contribution in [1.82, 2.24) is 25.2 Å². The average molecular weight is 548 g/mol. The number of rotatable bonds is 11. The van der Waals surface area contributed by atoms with Crippen LogP contribution in [0.4, 0.5) is 4.39 Å². The highest BCUT2D eigenvalue weighted by molar-refractivity contribution is 5.90. The molecule has 4 rings (SSSR count). The molecule has 1 aromatic heterocycles. The minimum Gasteiger partial charge on any atom is -0.497 e. The fourth-order valence-corrected chi connectivity index (χ4v) is 4.38. The smallest absolute Gasteiger partial charge is 0.248 e. The lowest BCUT2D eigenvalue weighted by Gasteiger charge is -2.35. The van der Waals surface area contributed by atoms with E-state index in [9.17, 15) is 14.0 Å². The van der Waals surface area contributed by atoms with Crippen LogP contribution in [0.2, 0.25) is 0 Å². The fourth-order valence-electron chi connectivity index (χ4n) is 4.38. The van der Waals surface area contributed by atoms with E-state index >= 15 is 0 Å². The highest BCUT2D eigenvalue weighted by Gasteiger charge is 2.36. The number of amides is 2. The maximum absolute atomic E-state index is 14.9. The third-order valence-corrected chi connectivity index (χ3v) is 6.96. The SMILES string of the molecule is CCC(C)(C)NC(=O)[C@@H](c1cc(OC)ccc1OC)N(Cc1ccccc1F)C(=O)Cn1nnc2ccccc21. The van der Waals surface area contributed by atoms with Gasteiger partial charge in [0.15, 0.2) is 0 Å². The number of nitrogens with zero attached hydrogens (tertiary/aromatic N) is 4. The third kappa shape index (κ3) is 6.22. The van der Waals surface area contributed by atoms with Crippen LogP contribution in [0.25, 0.3) is 11.0 Å². The fraction of sp³-hybridized carbons (Fsp3) is 0.333. The molecular formula is C30H34FN5O4. The number of hydrogen-bond donors (Lipinski definition) is 1. The molecule has 0 aliphatic heterocycles. The van der Waals surface area contributed by atoms with E-state index in [1.807, 2.05) is 39.0 Å². The highest BCUT2D eigenvalue weighted by atomic mass is 19.1. The lowest BCUT2D eigenvalue weighted by Crippen LogP contribution is -2.50. The molecule has 10 heteroatoms. The summed E-state index contributed by atoms with van der Waals surface area (Å²) < 4.78 is 27.5. The van der Waals surface area contributed by atoms with Crippen LogP contribution in [0.1, 0.15) is 44.4 Å².